The second-order valence-electron chi connectivity index (χ2n) is 5.45. The lowest BCUT2D eigenvalue weighted by Crippen LogP contribution is -2.33. The molecule has 23 heavy (non-hydrogen) atoms. The minimum Gasteiger partial charge on any atom is -0.387 e. The normalized spacial score (nSPS) is 11.9. The number of hydrogen-bond donors (Lipinski definition) is 3. The molecule has 0 aliphatic rings. The second-order valence-corrected chi connectivity index (χ2v) is 5.81. The van der Waals surface area contributed by atoms with Crippen molar-refractivity contribution in [1.29, 1.82) is 0 Å². The van der Waals surface area contributed by atoms with Crippen LogP contribution in [0.3, 0.4) is 0 Å². The molecule has 2 aromatic rings. The van der Waals surface area contributed by atoms with Crippen molar-refractivity contribution in [3.63, 3.8) is 0 Å². The van der Waals surface area contributed by atoms with Gasteiger partial charge >= 0.3 is 6.03 Å². The van der Waals surface area contributed by atoms with Crippen molar-refractivity contribution in [2.24, 2.45) is 0 Å². The summed E-state index contributed by atoms with van der Waals surface area (Å²) in [7, 11) is 0. The van der Waals surface area contributed by atoms with E-state index in [1.54, 1.807) is 0 Å². The number of nitrogens with zero attached hydrogens (tertiary/aromatic N) is 1. The van der Waals surface area contributed by atoms with Crippen LogP contribution in [-0.4, -0.2) is 22.7 Å². The molecule has 1 aromatic heterocycles. The Balaban J connectivity index is 1.97. The molecule has 0 saturated heterocycles. The van der Waals surface area contributed by atoms with E-state index >= 15 is 0 Å². The summed E-state index contributed by atoms with van der Waals surface area (Å²) in [6.07, 6.45) is -0.769. The fourth-order valence-corrected chi connectivity index (χ4v) is 2.69. The third-order valence-corrected chi connectivity index (χ3v) is 3.82. The molecule has 0 aliphatic heterocycles. The monoisotopic (exact) mass is 333 g/mol. The van der Waals surface area contributed by atoms with E-state index in [9.17, 15) is 9.90 Å². The van der Waals surface area contributed by atoms with Crippen LogP contribution < -0.4 is 10.6 Å². The fraction of sp³-hybridized carbons (Fsp3) is 0.294. The molecule has 1 heterocycles. The maximum Gasteiger partial charge on any atom is 0.319 e. The van der Waals surface area contributed by atoms with Crippen molar-refractivity contribution < 1.29 is 9.90 Å². The van der Waals surface area contributed by atoms with Crippen LogP contribution in [0.4, 0.5) is 10.5 Å². The molecule has 6 heteroatoms. The van der Waals surface area contributed by atoms with Crippen molar-refractivity contribution in [3.05, 3.63) is 57.9 Å². The lowest BCUT2D eigenvalue weighted by molar-refractivity contribution is 0.174. The Bertz CT molecular complexity index is 696. The number of carbonyl (C=O) groups is 1. The van der Waals surface area contributed by atoms with Gasteiger partial charge in [-0.2, -0.15) is 0 Å². The SMILES string of the molecule is Cc1cc(C)c(NC(=O)NCC(O)c2ccccc2C)c(Cl)n1. The number of aliphatic hydroxyl groups is 1. The Morgan fingerprint density at radius 2 is 1.96 bits per heavy atom. The molecular weight excluding hydrogens is 314 g/mol. The molecule has 2 rings (SSSR count). The topological polar surface area (TPSA) is 74.2 Å². The number of rotatable bonds is 4. The van der Waals surface area contributed by atoms with Crippen molar-refractivity contribution >= 4 is 23.3 Å². The predicted octanol–water partition coefficient (Wildman–Crippen LogP) is 3.52. The van der Waals surface area contributed by atoms with Gasteiger partial charge in [-0.05, 0) is 43.5 Å². The molecule has 3 N–H and O–H groups in total. The average molecular weight is 334 g/mol. The average Bonchev–Trinajstić information content (AvgIpc) is 2.49. The van der Waals surface area contributed by atoms with Crippen molar-refractivity contribution in [3.8, 4) is 0 Å². The summed E-state index contributed by atoms with van der Waals surface area (Å²) in [4.78, 5) is 16.1. The Labute approximate surface area is 140 Å². The van der Waals surface area contributed by atoms with Gasteiger partial charge in [-0.15, -0.1) is 0 Å². The van der Waals surface area contributed by atoms with Crippen LogP contribution >= 0.6 is 11.6 Å². The maximum atomic E-state index is 12.0. The van der Waals surface area contributed by atoms with Crippen molar-refractivity contribution in [2.45, 2.75) is 26.9 Å². The Hall–Kier alpha value is -2.11. The predicted molar refractivity (Wildman–Crippen MR) is 91.9 cm³/mol. The van der Waals surface area contributed by atoms with E-state index in [2.05, 4.69) is 15.6 Å². The second kappa shape index (κ2) is 7.44. The summed E-state index contributed by atoms with van der Waals surface area (Å²) in [5, 5.41) is 15.7. The zero-order chi connectivity index (χ0) is 17.0. The van der Waals surface area contributed by atoms with Gasteiger partial charge in [0.1, 0.15) is 0 Å². The van der Waals surface area contributed by atoms with E-state index in [1.165, 1.54) is 0 Å². The van der Waals surface area contributed by atoms with Crippen molar-refractivity contribution in [1.82, 2.24) is 10.3 Å². The summed E-state index contributed by atoms with van der Waals surface area (Å²) in [5.74, 6) is 0. The molecule has 1 aromatic carbocycles. The molecule has 1 unspecified atom stereocenters. The van der Waals surface area contributed by atoms with E-state index in [4.69, 9.17) is 11.6 Å². The Morgan fingerprint density at radius 3 is 2.61 bits per heavy atom. The van der Waals surface area contributed by atoms with E-state index < -0.39 is 12.1 Å². The van der Waals surface area contributed by atoms with E-state index in [0.717, 1.165) is 22.4 Å². The van der Waals surface area contributed by atoms with Crippen LogP contribution in [0.15, 0.2) is 30.3 Å². The quantitative estimate of drug-likeness (QED) is 0.749. The number of anilines is 1. The molecule has 0 fully saturated rings. The number of urea groups is 1. The molecule has 0 saturated carbocycles. The van der Waals surface area contributed by atoms with Gasteiger partial charge in [-0.25, -0.2) is 9.78 Å². The number of amides is 2. The van der Waals surface area contributed by atoms with Crippen LogP contribution in [0.2, 0.25) is 5.15 Å². The van der Waals surface area contributed by atoms with E-state index in [-0.39, 0.29) is 11.7 Å². The molecular formula is C17H20ClN3O2. The summed E-state index contributed by atoms with van der Waals surface area (Å²) < 4.78 is 0. The maximum absolute atomic E-state index is 12.0. The van der Waals surface area contributed by atoms with Crippen LogP contribution in [-0.2, 0) is 0 Å². The molecule has 122 valence electrons. The lowest BCUT2D eigenvalue weighted by atomic mass is 10.0. The van der Waals surface area contributed by atoms with Gasteiger partial charge < -0.3 is 15.7 Å². The standard InChI is InChI=1S/C17H20ClN3O2/c1-10-6-4-5-7-13(10)14(22)9-19-17(23)21-15-11(2)8-12(3)20-16(15)18/h4-8,14,22H,9H2,1-3H3,(H2,19,21,23). The molecule has 2 amide bonds. The fourth-order valence-electron chi connectivity index (χ4n) is 2.36. The number of aromatic nitrogens is 1. The van der Waals surface area contributed by atoms with Crippen LogP contribution in [0.1, 0.15) is 28.5 Å². The summed E-state index contributed by atoms with van der Waals surface area (Å²) in [6, 6.07) is 8.91. The summed E-state index contributed by atoms with van der Waals surface area (Å²) in [6.45, 7) is 5.70. The van der Waals surface area contributed by atoms with Gasteiger partial charge in [0.2, 0.25) is 0 Å². The zero-order valence-electron chi connectivity index (χ0n) is 13.4. The van der Waals surface area contributed by atoms with Crippen LogP contribution in [0.25, 0.3) is 0 Å². The first kappa shape index (κ1) is 17.2. The first-order chi connectivity index (χ1) is 10.9. The molecule has 5 nitrogen and oxygen atoms in total. The molecule has 0 radical (unpaired) electrons. The zero-order valence-corrected chi connectivity index (χ0v) is 14.1. The third-order valence-electron chi connectivity index (χ3n) is 3.54. The highest BCUT2D eigenvalue weighted by Gasteiger charge is 2.13. The van der Waals surface area contributed by atoms with Crippen molar-refractivity contribution in [2.75, 3.05) is 11.9 Å². The Kier molecular flexibility index (Phi) is 5.58. The number of aryl methyl sites for hydroxylation is 3. The highest BCUT2D eigenvalue weighted by atomic mass is 35.5. The number of halogens is 1. The number of aliphatic hydroxyl groups excluding tert-OH is 1. The number of benzene rings is 1. The van der Waals surface area contributed by atoms with E-state index in [0.29, 0.717) is 5.69 Å². The number of pyridine rings is 1. The summed E-state index contributed by atoms with van der Waals surface area (Å²) in [5.41, 5.74) is 3.86. The van der Waals surface area contributed by atoms with Gasteiger partial charge in [0, 0.05) is 12.2 Å². The van der Waals surface area contributed by atoms with Gasteiger partial charge in [-0.3, -0.25) is 0 Å². The van der Waals surface area contributed by atoms with Gasteiger partial charge in [0.25, 0.3) is 0 Å². The number of nitrogens with one attached hydrogen (secondary N) is 2. The molecule has 0 aliphatic carbocycles. The first-order valence-corrected chi connectivity index (χ1v) is 7.68. The van der Waals surface area contributed by atoms with Gasteiger partial charge in [0.15, 0.2) is 5.15 Å². The Morgan fingerprint density at radius 1 is 1.26 bits per heavy atom. The first-order valence-electron chi connectivity index (χ1n) is 7.30. The number of hydrogen-bond acceptors (Lipinski definition) is 3. The van der Waals surface area contributed by atoms with Gasteiger partial charge in [-0.1, -0.05) is 35.9 Å². The summed E-state index contributed by atoms with van der Waals surface area (Å²) >= 11 is 6.06. The third kappa shape index (κ3) is 4.43. The van der Waals surface area contributed by atoms with Crippen LogP contribution in [0, 0.1) is 20.8 Å². The minimum atomic E-state index is -0.769. The molecule has 1 atom stereocenters. The largest absolute Gasteiger partial charge is 0.387 e. The number of carbonyl (C=O) groups excluding carboxylic acids is 1. The smallest absolute Gasteiger partial charge is 0.319 e. The van der Waals surface area contributed by atoms with E-state index in [1.807, 2.05) is 51.1 Å². The minimum absolute atomic E-state index is 0.104. The molecule has 0 bridgehead atoms. The highest BCUT2D eigenvalue weighted by Crippen LogP contribution is 2.24. The lowest BCUT2D eigenvalue weighted by Gasteiger charge is -2.16. The molecule has 0 spiro atoms. The highest BCUT2D eigenvalue weighted by molar-refractivity contribution is 6.32. The van der Waals surface area contributed by atoms with Gasteiger partial charge in [0.05, 0.1) is 11.8 Å². The van der Waals surface area contributed by atoms with Crippen LogP contribution in [0.5, 0.6) is 0 Å².